The molecule has 0 saturated heterocycles. The molecule has 0 aromatic heterocycles. The van der Waals surface area contributed by atoms with Gasteiger partial charge in [-0.1, -0.05) is 0 Å². The van der Waals surface area contributed by atoms with Gasteiger partial charge in [-0.15, -0.1) is 0 Å². The normalized spacial score (nSPS) is 22.8. The van der Waals surface area contributed by atoms with Gasteiger partial charge < -0.3 is 9.80 Å². The zero-order valence-corrected chi connectivity index (χ0v) is 8.96. The Labute approximate surface area is 81.5 Å². The van der Waals surface area contributed by atoms with Crippen LogP contribution in [0.25, 0.3) is 0 Å². The van der Waals surface area contributed by atoms with Crippen molar-refractivity contribution in [3.05, 3.63) is 30.0 Å². The monoisotopic (exact) mass is 178 g/mol. The number of hydrogen-bond donors (Lipinski definition) is 0. The van der Waals surface area contributed by atoms with Gasteiger partial charge in [0.2, 0.25) is 0 Å². The van der Waals surface area contributed by atoms with Crippen molar-refractivity contribution in [1.82, 2.24) is 9.80 Å². The standard InChI is InChI=1S/C11H18N2/c1-12(2)8-10-5-6-11(7-10)9-13(3)4/h8-9H,5-6H2,1-4H3/b10-8-,11-9+. The lowest BCUT2D eigenvalue weighted by atomic mass is 10.2. The van der Waals surface area contributed by atoms with Gasteiger partial charge in [0.05, 0.1) is 0 Å². The average molecular weight is 178 g/mol. The van der Waals surface area contributed by atoms with Crippen LogP contribution < -0.4 is 0 Å². The van der Waals surface area contributed by atoms with Crippen LogP contribution in [-0.2, 0) is 0 Å². The average Bonchev–Trinajstić information content (AvgIpc) is 2.33. The maximum atomic E-state index is 3.39. The van der Waals surface area contributed by atoms with E-state index in [1.165, 1.54) is 11.1 Å². The van der Waals surface area contributed by atoms with Gasteiger partial charge >= 0.3 is 0 Å². The number of hydrogen-bond acceptors (Lipinski definition) is 2. The molecule has 1 fully saturated rings. The van der Waals surface area contributed by atoms with Crippen molar-refractivity contribution in [2.24, 2.45) is 0 Å². The second-order valence-electron chi connectivity index (χ2n) is 3.86. The van der Waals surface area contributed by atoms with Gasteiger partial charge in [-0.25, -0.2) is 0 Å². The van der Waals surface area contributed by atoms with Crippen molar-refractivity contribution in [2.75, 3.05) is 28.2 Å². The van der Waals surface area contributed by atoms with E-state index in [0.29, 0.717) is 0 Å². The second kappa shape index (κ2) is 4.35. The van der Waals surface area contributed by atoms with Gasteiger partial charge in [-0.3, -0.25) is 0 Å². The zero-order valence-electron chi connectivity index (χ0n) is 8.96. The first kappa shape index (κ1) is 10.2. The molecule has 72 valence electrons. The summed E-state index contributed by atoms with van der Waals surface area (Å²) in [4.78, 5) is 4.14. The third-order valence-corrected chi connectivity index (χ3v) is 1.81. The van der Waals surface area contributed by atoms with E-state index >= 15 is 0 Å². The molecule has 0 atom stereocenters. The quantitative estimate of drug-likeness (QED) is 0.635. The van der Waals surface area contributed by atoms with E-state index in [-0.39, 0.29) is 0 Å². The fraction of sp³-hybridized carbons (Fsp3) is 0.545. The predicted octanol–water partition coefficient (Wildman–Crippen LogP) is 1.75. The Morgan fingerprint density at radius 1 is 0.923 bits per heavy atom. The van der Waals surface area contributed by atoms with E-state index in [2.05, 4.69) is 28.6 Å². The molecule has 1 aliphatic carbocycles. The Bertz CT molecular complexity index is 200. The van der Waals surface area contributed by atoms with Crippen LogP contribution in [-0.4, -0.2) is 38.0 Å². The molecule has 0 N–H and O–H groups in total. The van der Waals surface area contributed by atoms with Crippen molar-refractivity contribution in [1.29, 1.82) is 0 Å². The van der Waals surface area contributed by atoms with Crippen LogP contribution in [0.3, 0.4) is 0 Å². The molecule has 13 heavy (non-hydrogen) atoms. The maximum absolute atomic E-state index is 3.39. The molecule has 0 aromatic carbocycles. The minimum absolute atomic E-state index is 1.12. The Morgan fingerprint density at radius 2 is 1.31 bits per heavy atom. The van der Waals surface area contributed by atoms with Crippen LogP contribution in [0, 0.1) is 6.42 Å². The molecule has 0 aromatic rings. The fourth-order valence-electron chi connectivity index (χ4n) is 1.42. The molecule has 0 bridgehead atoms. The van der Waals surface area contributed by atoms with E-state index < -0.39 is 0 Å². The highest BCUT2D eigenvalue weighted by atomic mass is 15.0. The molecule has 2 heteroatoms. The molecule has 2 radical (unpaired) electrons. The fourth-order valence-corrected chi connectivity index (χ4v) is 1.42. The Hall–Kier alpha value is -0.920. The number of nitrogens with zero attached hydrogens (tertiary/aromatic N) is 2. The Kier molecular flexibility index (Phi) is 3.40. The summed E-state index contributed by atoms with van der Waals surface area (Å²) in [5, 5.41) is 0. The van der Waals surface area contributed by atoms with Crippen LogP contribution in [0.15, 0.2) is 23.5 Å². The van der Waals surface area contributed by atoms with Crippen molar-refractivity contribution >= 4 is 0 Å². The molecule has 0 amide bonds. The minimum Gasteiger partial charge on any atom is -0.383 e. The smallest absolute Gasteiger partial charge is 0.0443 e. The van der Waals surface area contributed by atoms with Gasteiger partial charge in [0, 0.05) is 34.6 Å². The third kappa shape index (κ3) is 3.53. The van der Waals surface area contributed by atoms with Gasteiger partial charge in [0.15, 0.2) is 0 Å². The first-order valence-electron chi connectivity index (χ1n) is 4.59. The van der Waals surface area contributed by atoms with Gasteiger partial charge in [-0.2, -0.15) is 0 Å². The van der Waals surface area contributed by atoms with E-state index in [9.17, 15) is 0 Å². The molecule has 0 aliphatic heterocycles. The van der Waals surface area contributed by atoms with Crippen LogP contribution in [0.5, 0.6) is 0 Å². The summed E-state index contributed by atoms with van der Waals surface area (Å²) in [6, 6.07) is 0. The largest absolute Gasteiger partial charge is 0.383 e. The van der Waals surface area contributed by atoms with Gasteiger partial charge in [0.1, 0.15) is 0 Å². The summed E-state index contributed by atoms with van der Waals surface area (Å²) in [6.45, 7) is 0. The van der Waals surface area contributed by atoms with Gasteiger partial charge in [0.25, 0.3) is 0 Å². The molecular formula is C11H18N2. The van der Waals surface area contributed by atoms with Crippen LogP contribution in [0.1, 0.15) is 12.8 Å². The highest BCUT2D eigenvalue weighted by molar-refractivity contribution is 5.35. The summed E-state index contributed by atoms with van der Waals surface area (Å²) in [7, 11) is 8.18. The summed E-state index contributed by atoms with van der Waals surface area (Å²) < 4.78 is 0. The molecule has 2 nitrogen and oxygen atoms in total. The third-order valence-electron chi connectivity index (χ3n) is 1.81. The summed E-state index contributed by atoms with van der Waals surface area (Å²) in [5.74, 6) is 0. The van der Waals surface area contributed by atoms with E-state index in [4.69, 9.17) is 0 Å². The molecule has 1 aliphatic rings. The minimum atomic E-state index is 1.12. The second-order valence-corrected chi connectivity index (χ2v) is 3.86. The molecular weight excluding hydrogens is 160 g/mol. The molecule has 0 unspecified atom stereocenters. The van der Waals surface area contributed by atoms with Gasteiger partial charge in [-0.05, 0) is 36.4 Å². The van der Waals surface area contributed by atoms with E-state index in [1.807, 2.05) is 28.2 Å². The SMILES string of the molecule is CN(C)/C=C1/[C]/C(=C\N(C)C)CC1. The van der Waals surface area contributed by atoms with Crippen molar-refractivity contribution < 1.29 is 0 Å². The van der Waals surface area contributed by atoms with Crippen LogP contribution >= 0.6 is 0 Å². The van der Waals surface area contributed by atoms with Crippen molar-refractivity contribution in [3.8, 4) is 0 Å². The first-order chi connectivity index (χ1) is 6.08. The zero-order chi connectivity index (χ0) is 9.84. The first-order valence-corrected chi connectivity index (χ1v) is 4.59. The summed E-state index contributed by atoms with van der Waals surface area (Å²) in [6.07, 6.45) is 9.91. The number of rotatable bonds is 2. The summed E-state index contributed by atoms with van der Waals surface area (Å²) >= 11 is 0. The Balaban J connectivity index is 2.54. The predicted molar refractivity (Wildman–Crippen MR) is 56.0 cm³/mol. The highest BCUT2D eigenvalue weighted by Crippen LogP contribution is 2.28. The topological polar surface area (TPSA) is 6.48 Å². The lowest BCUT2D eigenvalue weighted by Gasteiger charge is -2.06. The lowest BCUT2D eigenvalue weighted by Crippen LogP contribution is -2.03. The molecule has 1 rings (SSSR count). The molecule has 0 spiro atoms. The Morgan fingerprint density at radius 3 is 1.62 bits per heavy atom. The van der Waals surface area contributed by atoms with E-state index in [1.54, 1.807) is 0 Å². The molecule has 1 saturated carbocycles. The van der Waals surface area contributed by atoms with E-state index in [0.717, 1.165) is 12.8 Å². The van der Waals surface area contributed by atoms with Crippen LogP contribution in [0.4, 0.5) is 0 Å². The lowest BCUT2D eigenvalue weighted by molar-refractivity contribution is 0.557. The van der Waals surface area contributed by atoms with Crippen LogP contribution in [0.2, 0.25) is 0 Å². The van der Waals surface area contributed by atoms with Crippen molar-refractivity contribution in [3.63, 3.8) is 0 Å². The molecule has 0 heterocycles. The maximum Gasteiger partial charge on any atom is 0.0443 e. The number of allylic oxidation sites excluding steroid dienone is 2. The summed E-state index contributed by atoms with van der Waals surface area (Å²) in [5.41, 5.74) is 2.61. The van der Waals surface area contributed by atoms with Crippen molar-refractivity contribution in [2.45, 2.75) is 12.8 Å². The highest BCUT2D eigenvalue weighted by Gasteiger charge is 2.13.